The molecular formula is C16H25Cl2N3O3. The first kappa shape index (κ1) is 21.0. The first-order chi connectivity index (χ1) is 10.8. The Morgan fingerprint density at radius 1 is 1.21 bits per heavy atom. The van der Waals surface area contributed by atoms with Gasteiger partial charge in [0.2, 0.25) is 0 Å². The van der Waals surface area contributed by atoms with Crippen molar-refractivity contribution in [2.24, 2.45) is 0 Å². The van der Waals surface area contributed by atoms with E-state index in [1.165, 1.54) is 5.69 Å². The number of halogens is 2. The predicted octanol–water partition coefficient (Wildman–Crippen LogP) is 0.971. The van der Waals surface area contributed by atoms with E-state index >= 15 is 0 Å². The topological polar surface area (TPSA) is 62.8 Å². The van der Waals surface area contributed by atoms with Crippen LogP contribution in [-0.4, -0.2) is 58.0 Å². The zero-order valence-corrected chi connectivity index (χ0v) is 15.2. The average molecular weight is 378 g/mol. The van der Waals surface area contributed by atoms with Gasteiger partial charge in [0, 0.05) is 38.4 Å². The fourth-order valence-electron chi connectivity index (χ4n) is 2.80. The van der Waals surface area contributed by atoms with Crippen LogP contribution in [0.1, 0.15) is 5.56 Å². The first-order valence-corrected chi connectivity index (χ1v) is 7.85. The fourth-order valence-corrected chi connectivity index (χ4v) is 2.80. The third-order valence-corrected chi connectivity index (χ3v) is 4.02. The normalized spacial score (nSPS) is 20.5. The van der Waals surface area contributed by atoms with E-state index in [0.29, 0.717) is 19.7 Å². The minimum absolute atomic E-state index is 0. The smallest absolute Gasteiger partial charge is 0.250 e. The molecule has 8 heteroatoms. The van der Waals surface area contributed by atoms with Crippen LogP contribution < -0.4 is 15.5 Å². The molecule has 0 spiro atoms. The van der Waals surface area contributed by atoms with Gasteiger partial charge in [-0.15, -0.1) is 24.8 Å². The molecule has 0 bridgehead atoms. The lowest BCUT2D eigenvalue weighted by molar-refractivity contribution is -0.134. The van der Waals surface area contributed by atoms with E-state index in [0.717, 1.165) is 38.4 Å². The summed E-state index contributed by atoms with van der Waals surface area (Å²) in [5, 5.41) is 6.16. The van der Waals surface area contributed by atoms with Crippen molar-refractivity contribution in [3.63, 3.8) is 0 Å². The maximum atomic E-state index is 12.1. The third kappa shape index (κ3) is 5.50. The number of carbonyl (C=O) groups is 1. The van der Waals surface area contributed by atoms with E-state index < -0.39 is 0 Å². The van der Waals surface area contributed by atoms with Crippen LogP contribution in [0, 0.1) is 0 Å². The van der Waals surface area contributed by atoms with Gasteiger partial charge < -0.3 is 25.0 Å². The number of morpholine rings is 2. The van der Waals surface area contributed by atoms with Crippen LogP contribution in [0.15, 0.2) is 24.3 Å². The maximum absolute atomic E-state index is 12.1. The molecule has 2 fully saturated rings. The highest BCUT2D eigenvalue weighted by atomic mass is 35.5. The molecule has 2 aliphatic rings. The standard InChI is InChI=1S/C16H23N3O3.2ClH/c20-16(15-12-17-5-8-22-15)18-11-13-3-1-2-4-14(13)19-6-9-21-10-7-19;;/h1-4,15,17H,5-12H2,(H,18,20);2*1H. The van der Waals surface area contributed by atoms with Crippen LogP contribution in [0.25, 0.3) is 0 Å². The summed E-state index contributed by atoms with van der Waals surface area (Å²) in [6.07, 6.45) is -0.385. The minimum atomic E-state index is -0.385. The third-order valence-electron chi connectivity index (χ3n) is 4.02. The molecule has 0 aliphatic carbocycles. The van der Waals surface area contributed by atoms with Crippen molar-refractivity contribution in [1.29, 1.82) is 0 Å². The Kier molecular flexibility index (Phi) is 9.39. The molecule has 1 aromatic rings. The van der Waals surface area contributed by atoms with E-state index in [1.54, 1.807) is 0 Å². The number of amides is 1. The Hall–Kier alpha value is -1.05. The van der Waals surface area contributed by atoms with Crippen LogP contribution in [0.2, 0.25) is 0 Å². The van der Waals surface area contributed by atoms with Crippen LogP contribution >= 0.6 is 24.8 Å². The molecule has 24 heavy (non-hydrogen) atoms. The molecule has 3 rings (SSSR count). The largest absolute Gasteiger partial charge is 0.378 e. The van der Waals surface area contributed by atoms with Crippen molar-refractivity contribution >= 4 is 36.4 Å². The molecule has 2 aliphatic heterocycles. The van der Waals surface area contributed by atoms with Crippen molar-refractivity contribution in [1.82, 2.24) is 10.6 Å². The predicted molar refractivity (Wildman–Crippen MR) is 98.4 cm³/mol. The average Bonchev–Trinajstić information content (AvgIpc) is 2.61. The molecule has 0 saturated carbocycles. The number of nitrogens with one attached hydrogen (secondary N) is 2. The van der Waals surface area contributed by atoms with Gasteiger partial charge in [-0.1, -0.05) is 18.2 Å². The number of hydrogen-bond donors (Lipinski definition) is 2. The fraction of sp³-hybridized carbons (Fsp3) is 0.562. The minimum Gasteiger partial charge on any atom is -0.378 e. The molecule has 0 radical (unpaired) electrons. The van der Waals surface area contributed by atoms with Crippen molar-refractivity contribution in [3.8, 4) is 0 Å². The second-order valence-electron chi connectivity index (χ2n) is 5.51. The number of ether oxygens (including phenoxy) is 2. The van der Waals surface area contributed by atoms with Gasteiger partial charge in [-0.3, -0.25) is 4.79 Å². The van der Waals surface area contributed by atoms with Crippen LogP contribution in [0.5, 0.6) is 0 Å². The van der Waals surface area contributed by atoms with E-state index in [2.05, 4.69) is 27.7 Å². The molecule has 6 nitrogen and oxygen atoms in total. The Balaban J connectivity index is 0.00000144. The van der Waals surface area contributed by atoms with E-state index in [1.807, 2.05) is 12.1 Å². The SMILES string of the molecule is Cl.Cl.O=C(NCc1ccccc1N1CCOCC1)C1CNCCO1. The van der Waals surface area contributed by atoms with Crippen LogP contribution in [-0.2, 0) is 20.8 Å². The maximum Gasteiger partial charge on any atom is 0.250 e. The molecule has 1 amide bonds. The number of carbonyl (C=O) groups excluding carboxylic acids is 1. The molecule has 1 aromatic carbocycles. The number of rotatable bonds is 4. The molecule has 1 atom stereocenters. The Morgan fingerprint density at radius 3 is 2.67 bits per heavy atom. The van der Waals surface area contributed by atoms with Gasteiger partial charge in [-0.05, 0) is 11.6 Å². The molecule has 2 heterocycles. The highest BCUT2D eigenvalue weighted by Crippen LogP contribution is 2.21. The van der Waals surface area contributed by atoms with Gasteiger partial charge >= 0.3 is 0 Å². The van der Waals surface area contributed by atoms with Gasteiger partial charge in [0.25, 0.3) is 5.91 Å². The summed E-state index contributed by atoms with van der Waals surface area (Å²) in [5.41, 5.74) is 2.30. The number of anilines is 1. The summed E-state index contributed by atoms with van der Waals surface area (Å²) in [7, 11) is 0. The second-order valence-corrected chi connectivity index (χ2v) is 5.51. The number of nitrogens with zero attached hydrogens (tertiary/aromatic N) is 1. The van der Waals surface area contributed by atoms with Crippen molar-refractivity contribution in [2.75, 3.05) is 50.9 Å². The summed E-state index contributed by atoms with van der Waals surface area (Å²) in [6, 6.07) is 8.20. The highest BCUT2D eigenvalue weighted by molar-refractivity contribution is 5.85. The zero-order valence-electron chi connectivity index (χ0n) is 13.5. The van der Waals surface area contributed by atoms with Gasteiger partial charge in [0.05, 0.1) is 19.8 Å². The number of para-hydroxylation sites is 1. The van der Waals surface area contributed by atoms with E-state index in [-0.39, 0.29) is 36.8 Å². The van der Waals surface area contributed by atoms with Crippen LogP contribution in [0.4, 0.5) is 5.69 Å². The summed E-state index contributed by atoms with van der Waals surface area (Å²) in [6.45, 7) is 5.78. The van der Waals surface area contributed by atoms with Crippen molar-refractivity contribution in [2.45, 2.75) is 12.6 Å². The number of benzene rings is 1. The van der Waals surface area contributed by atoms with Crippen molar-refractivity contribution < 1.29 is 14.3 Å². The molecule has 2 N–H and O–H groups in total. The number of hydrogen-bond acceptors (Lipinski definition) is 5. The Morgan fingerprint density at radius 2 is 1.96 bits per heavy atom. The van der Waals surface area contributed by atoms with E-state index in [4.69, 9.17) is 9.47 Å². The van der Waals surface area contributed by atoms with Crippen LogP contribution in [0.3, 0.4) is 0 Å². The van der Waals surface area contributed by atoms with Gasteiger partial charge in [-0.25, -0.2) is 0 Å². The molecule has 1 unspecified atom stereocenters. The van der Waals surface area contributed by atoms with Crippen molar-refractivity contribution in [3.05, 3.63) is 29.8 Å². The first-order valence-electron chi connectivity index (χ1n) is 7.85. The molecular weight excluding hydrogens is 353 g/mol. The Labute approximate surface area is 155 Å². The lowest BCUT2D eigenvalue weighted by Gasteiger charge is -2.31. The van der Waals surface area contributed by atoms with Gasteiger partial charge in [0.1, 0.15) is 6.10 Å². The summed E-state index contributed by atoms with van der Waals surface area (Å²) >= 11 is 0. The van der Waals surface area contributed by atoms with Gasteiger partial charge in [-0.2, -0.15) is 0 Å². The molecule has 136 valence electrons. The zero-order chi connectivity index (χ0) is 15.2. The molecule has 2 saturated heterocycles. The van der Waals surface area contributed by atoms with E-state index in [9.17, 15) is 4.79 Å². The molecule has 0 aromatic heterocycles. The lowest BCUT2D eigenvalue weighted by Crippen LogP contribution is -2.47. The summed E-state index contributed by atoms with van der Waals surface area (Å²) in [4.78, 5) is 14.5. The summed E-state index contributed by atoms with van der Waals surface area (Å²) < 4.78 is 10.9. The Bertz CT molecular complexity index is 507. The second kappa shape index (κ2) is 10.7. The lowest BCUT2D eigenvalue weighted by atomic mass is 10.1. The monoisotopic (exact) mass is 377 g/mol. The quantitative estimate of drug-likeness (QED) is 0.818. The highest BCUT2D eigenvalue weighted by Gasteiger charge is 2.22. The van der Waals surface area contributed by atoms with Gasteiger partial charge in [0.15, 0.2) is 0 Å². The summed E-state index contributed by atoms with van der Waals surface area (Å²) in [5.74, 6) is -0.0519.